The summed E-state index contributed by atoms with van der Waals surface area (Å²) in [5, 5.41) is 3.02. The third-order valence-electron chi connectivity index (χ3n) is 4.67. The van der Waals surface area contributed by atoms with E-state index in [1.165, 1.54) is 12.1 Å². The maximum atomic E-state index is 13.4. The molecule has 0 unspecified atom stereocenters. The average Bonchev–Trinajstić information content (AvgIpc) is 3.03. The second-order valence-corrected chi connectivity index (χ2v) is 6.70. The summed E-state index contributed by atoms with van der Waals surface area (Å²) >= 11 is 0. The van der Waals surface area contributed by atoms with Crippen molar-refractivity contribution in [2.45, 2.75) is 12.8 Å². The lowest BCUT2D eigenvalue weighted by Gasteiger charge is -2.18. The van der Waals surface area contributed by atoms with Crippen molar-refractivity contribution in [3.63, 3.8) is 0 Å². The fraction of sp³-hybridized carbons (Fsp3) is 0.190. The highest BCUT2D eigenvalue weighted by Gasteiger charge is 2.27. The molecule has 0 radical (unpaired) electrons. The van der Waals surface area contributed by atoms with Gasteiger partial charge in [-0.05, 0) is 42.3 Å². The molecule has 136 valence electrons. The van der Waals surface area contributed by atoms with E-state index in [2.05, 4.69) is 15.3 Å². The van der Waals surface area contributed by atoms with Crippen molar-refractivity contribution in [3.8, 4) is 11.3 Å². The number of anilines is 3. The van der Waals surface area contributed by atoms with Gasteiger partial charge < -0.3 is 10.2 Å². The van der Waals surface area contributed by atoms with Gasteiger partial charge in [-0.1, -0.05) is 12.1 Å². The van der Waals surface area contributed by atoms with Crippen molar-refractivity contribution in [1.29, 1.82) is 0 Å². The largest absolute Gasteiger partial charge is 0.377 e. The van der Waals surface area contributed by atoms with Gasteiger partial charge in [0.1, 0.15) is 5.82 Å². The molecule has 5 nitrogen and oxygen atoms in total. The quantitative estimate of drug-likeness (QED) is 0.753. The number of benzene rings is 2. The van der Waals surface area contributed by atoms with E-state index in [0.717, 1.165) is 28.1 Å². The molecule has 0 saturated heterocycles. The minimum atomic E-state index is -0.327. The number of hydrogen-bond acceptors (Lipinski definition) is 5. The molecule has 0 fully saturated rings. The average molecular weight is 362 g/mol. The number of rotatable bonds is 4. The van der Waals surface area contributed by atoms with Gasteiger partial charge in [0.2, 0.25) is 5.95 Å². The first-order valence-corrected chi connectivity index (χ1v) is 8.75. The van der Waals surface area contributed by atoms with E-state index in [4.69, 9.17) is 0 Å². The maximum Gasteiger partial charge on any atom is 0.227 e. The van der Waals surface area contributed by atoms with Crippen LogP contribution in [0.5, 0.6) is 0 Å². The van der Waals surface area contributed by atoms with Crippen LogP contribution in [0.15, 0.2) is 48.7 Å². The lowest BCUT2D eigenvalue weighted by molar-refractivity contribution is 0.0995. The summed E-state index contributed by atoms with van der Waals surface area (Å²) in [5.74, 6) is 0.224. The highest BCUT2D eigenvalue weighted by molar-refractivity contribution is 6.07. The third-order valence-corrected chi connectivity index (χ3v) is 4.67. The zero-order valence-corrected chi connectivity index (χ0v) is 15.2. The number of carbonyl (C=O) groups excluding carboxylic acids is 1. The van der Waals surface area contributed by atoms with Crippen molar-refractivity contribution in [1.82, 2.24) is 9.97 Å². The van der Waals surface area contributed by atoms with Crippen LogP contribution in [0.3, 0.4) is 0 Å². The normalized spacial score (nSPS) is 12.8. The number of nitrogens with one attached hydrogen (secondary N) is 1. The number of halogens is 1. The maximum absolute atomic E-state index is 13.4. The van der Waals surface area contributed by atoms with Crippen LogP contribution in [0.25, 0.3) is 11.3 Å². The number of aromatic nitrogens is 2. The first-order valence-electron chi connectivity index (χ1n) is 8.75. The van der Waals surface area contributed by atoms with Crippen LogP contribution >= 0.6 is 0 Å². The molecule has 4 rings (SSSR count). The zero-order valence-electron chi connectivity index (χ0n) is 15.2. The van der Waals surface area contributed by atoms with Gasteiger partial charge in [0.15, 0.2) is 5.78 Å². The Hall–Kier alpha value is -3.28. The summed E-state index contributed by atoms with van der Waals surface area (Å²) in [6.45, 7) is 0. The van der Waals surface area contributed by atoms with E-state index in [0.29, 0.717) is 24.5 Å². The smallest absolute Gasteiger partial charge is 0.227 e. The molecule has 2 aromatic carbocycles. The summed E-state index contributed by atoms with van der Waals surface area (Å²) in [5.41, 5.74) is 5.00. The number of hydrogen-bond donors (Lipinski definition) is 1. The van der Waals surface area contributed by atoms with Crippen LogP contribution in [-0.2, 0) is 6.42 Å². The Balaban J connectivity index is 1.74. The van der Waals surface area contributed by atoms with E-state index >= 15 is 0 Å². The number of fused-ring (bicyclic) bond motifs is 1. The molecule has 3 aromatic rings. The molecule has 0 amide bonds. The van der Waals surface area contributed by atoms with Crippen molar-refractivity contribution >= 4 is 23.1 Å². The Morgan fingerprint density at radius 1 is 1.11 bits per heavy atom. The molecule has 1 aliphatic rings. The molecular weight excluding hydrogens is 343 g/mol. The molecule has 27 heavy (non-hydrogen) atoms. The van der Waals surface area contributed by atoms with Crippen molar-refractivity contribution in [3.05, 3.63) is 65.6 Å². The van der Waals surface area contributed by atoms with Gasteiger partial charge in [0, 0.05) is 49.2 Å². The highest BCUT2D eigenvalue weighted by Crippen LogP contribution is 2.37. The van der Waals surface area contributed by atoms with E-state index < -0.39 is 0 Å². The highest BCUT2D eigenvalue weighted by atomic mass is 19.1. The molecule has 0 bridgehead atoms. The lowest BCUT2D eigenvalue weighted by atomic mass is 9.98. The summed E-state index contributed by atoms with van der Waals surface area (Å²) in [4.78, 5) is 23.2. The molecule has 1 heterocycles. The van der Waals surface area contributed by atoms with Gasteiger partial charge in [-0.25, -0.2) is 14.4 Å². The summed E-state index contributed by atoms with van der Waals surface area (Å²) in [6.07, 6.45) is 2.89. The standard InChI is InChI=1S/C21H19FN4O/c1-26(2)18-8-6-15(16-7-9-19(27)20(16)18)17-10-11-23-21(25-17)24-14-5-3-4-13(22)12-14/h3-6,8,10-12H,7,9H2,1-2H3,(H,23,24,25). The molecule has 6 heteroatoms. The molecule has 0 saturated carbocycles. The molecule has 0 spiro atoms. The number of carbonyl (C=O) groups is 1. The Kier molecular flexibility index (Phi) is 4.32. The van der Waals surface area contributed by atoms with Gasteiger partial charge in [0.05, 0.1) is 5.69 Å². The summed E-state index contributed by atoms with van der Waals surface area (Å²) in [6, 6.07) is 11.9. The van der Waals surface area contributed by atoms with E-state index in [1.54, 1.807) is 18.3 Å². The molecule has 1 N–H and O–H groups in total. The predicted molar refractivity (Wildman–Crippen MR) is 104 cm³/mol. The fourth-order valence-corrected chi connectivity index (χ4v) is 3.45. The van der Waals surface area contributed by atoms with Gasteiger partial charge in [0.25, 0.3) is 0 Å². The van der Waals surface area contributed by atoms with Crippen LogP contribution in [-0.4, -0.2) is 29.8 Å². The van der Waals surface area contributed by atoms with Gasteiger partial charge in [-0.15, -0.1) is 0 Å². The minimum Gasteiger partial charge on any atom is -0.377 e. The molecule has 0 aliphatic heterocycles. The number of Topliss-reactive ketones (excluding diaryl/α,β-unsaturated/α-hetero) is 1. The van der Waals surface area contributed by atoms with Gasteiger partial charge >= 0.3 is 0 Å². The second kappa shape index (κ2) is 6.79. The zero-order chi connectivity index (χ0) is 19.0. The van der Waals surface area contributed by atoms with Crippen LogP contribution in [0.2, 0.25) is 0 Å². The summed E-state index contributed by atoms with van der Waals surface area (Å²) < 4.78 is 13.4. The Labute approximate surface area is 156 Å². The lowest BCUT2D eigenvalue weighted by Crippen LogP contribution is -2.13. The Bertz CT molecular complexity index is 1030. The number of ketones is 1. The van der Waals surface area contributed by atoms with Crippen molar-refractivity contribution in [2.75, 3.05) is 24.3 Å². The van der Waals surface area contributed by atoms with Crippen LogP contribution in [0.1, 0.15) is 22.3 Å². The topological polar surface area (TPSA) is 58.1 Å². The summed E-state index contributed by atoms with van der Waals surface area (Å²) in [7, 11) is 3.87. The van der Waals surface area contributed by atoms with E-state index in [-0.39, 0.29) is 11.6 Å². The molecule has 1 aliphatic carbocycles. The van der Waals surface area contributed by atoms with E-state index in [1.807, 2.05) is 37.2 Å². The van der Waals surface area contributed by atoms with Crippen molar-refractivity contribution in [2.24, 2.45) is 0 Å². The molecular formula is C21H19FN4O. The predicted octanol–water partition coefficient (Wildman–Crippen LogP) is 4.22. The van der Waals surface area contributed by atoms with Gasteiger partial charge in [-0.2, -0.15) is 0 Å². The second-order valence-electron chi connectivity index (χ2n) is 6.70. The minimum absolute atomic E-state index is 0.169. The van der Waals surface area contributed by atoms with Crippen LogP contribution in [0, 0.1) is 5.82 Å². The van der Waals surface area contributed by atoms with E-state index in [9.17, 15) is 9.18 Å². The molecule has 1 aromatic heterocycles. The Morgan fingerprint density at radius 3 is 2.74 bits per heavy atom. The number of nitrogens with zero attached hydrogens (tertiary/aromatic N) is 3. The third kappa shape index (κ3) is 3.26. The Morgan fingerprint density at radius 2 is 1.96 bits per heavy atom. The first-order chi connectivity index (χ1) is 13.0. The van der Waals surface area contributed by atoms with Crippen LogP contribution in [0.4, 0.5) is 21.7 Å². The first kappa shape index (κ1) is 17.1. The van der Waals surface area contributed by atoms with Crippen molar-refractivity contribution < 1.29 is 9.18 Å². The van der Waals surface area contributed by atoms with Crippen LogP contribution < -0.4 is 10.2 Å². The molecule has 0 atom stereocenters. The monoisotopic (exact) mass is 362 g/mol. The van der Waals surface area contributed by atoms with Gasteiger partial charge in [-0.3, -0.25) is 4.79 Å². The SMILES string of the molecule is CN(C)c1ccc(-c2ccnc(Nc3cccc(F)c3)n2)c2c1C(=O)CC2. The fourth-order valence-electron chi connectivity index (χ4n) is 3.45.